The third-order valence-corrected chi connectivity index (χ3v) is 1.31. The van der Waals surface area contributed by atoms with E-state index in [9.17, 15) is 4.39 Å². The number of aromatic nitrogens is 1. The summed E-state index contributed by atoms with van der Waals surface area (Å²) in [6.45, 7) is 1.86. The number of rotatable bonds is 0. The van der Waals surface area contributed by atoms with Crippen LogP contribution in [0.3, 0.4) is 0 Å². The second-order valence-corrected chi connectivity index (χ2v) is 2.06. The van der Waals surface area contributed by atoms with Crippen molar-refractivity contribution in [2.45, 2.75) is 6.92 Å². The maximum atomic E-state index is 12.3. The van der Waals surface area contributed by atoms with Crippen LogP contribution in [0, 0.1) is 12.7 Å². The van der Waals surface area contributed by atoms with Gasteiger partial charge in [-0.15, -0.1) is 0 Å². The van der Waals surface area contributed by atoms with E-state index in [1.54, 1.807) is 0 Å². The quantitative estimate of drug-likeness (QED) is 0.435. The normalized spacial score (nSPS) is 9.56. The van der Waals surface area contributed by atoms with Crippen LogP contribution in [0.2, 0.25) is 0 Å². The summed E-state index contributed by atoms with van der Waals surface area (Å²) in [4.78, 5) is 3.80. The molecule has 0 radical (unpaired) electrons. The fourth-order valence-corrected chi connectivity index (χ4v) is 0.609. The summed E-state index contributed by atoms with van der Waals surface area (Å²) >= 11 is 0. The molecule has 1 nitrogen and oxygen atoms in total. The van der Waals surface area contributed by atoms with Crippen molar-refractivity contribution in [3.63, 3.8) is 0 Å². The molecule has 0 spiro atoms. The van der Waals surface area contributed by atoms with Gasteiger partial charge < -0.3 is 0 Å². The largest absolute Gasteiger partial charge is 0.259 e. The first-order valence-corrected chi connectivity index (χ1v) is 2.79. The van der Waals surface area contributed by atoms with Crippen molar-refractivity contribution in [3.8, 4) is 0 Å². The highest BCUT2D eigenvalue weighted by molar-refractivity contribution is 6.32. The van der Waals surface area contributed by atoms with E-state index in [-0.39, 0.29) is 5.82 Å². The van der Waals surface area contributed by atoms with Crippen LogP contribution in [0.15, 0.2) is 12.3 Å². The molecule has 1 aromatic heterocycles. The number of pyridine rings is 1. The van der Waals surface area contributed by atoms with Gasteiger partial charge in [-0.3, -0.25) is 4.98 Å². The van der Waals surface area contributed by atoms with Crippen LogP contribution in [0.5, 0.6) is 0 Å². The average Bonchev–Trinajstić information content (AvgIpc) is 1.80. The Kier molecular flexibility index (Phi) is 1.51. The summed E-state index contributed by atoms with van der Waals surface area (Å²) in [5, 5.41) is 0. The molecule has 0 aliphatic carbocycles. The van der Waals surface area contributed by atoms with Gasteiger partial charge in [0, 0.05) is 5.69 Å². The number of hydrogen-bond acceptors (Lipinski definition) is 1. The van der Waals surface area contributed by atoms with Crippen molar-refractivity contribution < 1.29 is 4.39 Å². The van der Waals surface area contributed by atoms with E-state index in [4.69, 9.17) is 0 Å². The van der Waals surface area contributed by atoms with Crippen LogP contribution >= 0.6 is 0 Å². The first-order chi connectivity index (χ1) is 4.20. The zero-order valence-corrected chi connectivity index (χ0v) is 5.48. The van der Waals surface area contributed by atoms with Gasteiger partial charge in [0.15, 0.2) is 0 Å². The van der Waals surface area contributed by atoms with Gasteiger partial charge in [0.2, 0.25) is 0 Å². The lowest BCUT2D eigenvalue weighted by Crippen LogP contribution is -2.09. The van der Waals surface area contributed by atoms with Crippen molar-refractivity contribution in [3.05, 3.63) is 23.8 Å². The van der Waals surface area contributed by atoms with E-state index < -0.39 is 0 Å². The minimum absolute atomic E-state index is 0.266. The Hall–Kier alpha value is -0.855. The minimum Gasteiger partial charge on any atom is -0.259 e. The molecule has 1 heterocycles. The molecule has 0 aromatic carbocycles. The van der Waals surface area contributed by atoms with Crippen LogP contribution in [-0.4, -0.2) is 12.8 Å². The molecular formula is C6H7BFN. The second-order valence-electron chi connectivity index (χ2n) is 2.06. The van der Waals surface area contributed by atoms with Gasteiger partial charge in [-0.2, -0.15) is 0 Å². The summed E-state index contributed by atoms with van der Waals surface area (Å²) in [5.74, 6) is -0.266. The van der Waals surface area contributed by atoms with Crippen molar-refractivity contribution in [2.75, 3.05) is 0 Å². The second kappa shape index (κ2) is 2.17. The Labute approximate surface area is 54.3 Å². The van der Waals surface area contributed by atoms with Crippen molar-refractivity contribution in [1.29, 1.82) is 0 Å². The number of hydrogen-bond donors (Lipinski definition) is 0. The molecule has 0 aliphatic rings. The lowest BCUT2D eigenvalue weighted by molar-refractivity contribution is 0.622. The van der Waals surface area contributed by atoms with Gasteiger partial charge in [-0.25, -0.2) is 4.39 Å². The standard InChI is InChI=1S/C6H7BFN/c1-4-6(7)2-5(8)3-9-4/h2-3H,7H2,1H3. The highest BCUT2D eigenvalue weighted by Crippen LogP contribution is 1.91. The first kappa shape index (κ1) is 6.27. The van der Waals surface area contributed by atoms with Gasteiger partial charge in [0.05, 0.1) is 6.20 Å². The van der Waals surface area contributed by atoms with E-state index in [1.807, 2.05) is 14.8 Å². The lowest BCUT2D eigenvalue weighted by atomic mass is 9.95. The molecule has 3 heteroatoms. The fraction of sp³-hybridized carbons (Fsp3) is 0.167. The summed E-state index contributed by atoms with van der Waals surface area (Å²) in [7, 11) is 1.84. The Morgan fingerprint density at radius 2 is 2.33 bits per heavy atom. The fourth-order valence-electron chi connectivity index (χ4n) is 0.609. The minimum atomic E-state index is -0.266. The smallest absolute Gasteiger partial charge is 0.141 e. The zero-order valence-electron chi connectivity index (χ0n) is 5.48. The lowest BCUT2D eigenvalue weighted by Gasteiger charge is -1.95. The van der Waals surface area contributed by atoms with Crippen LogP contribution in [0.1, 0.15) is 5.69 Å². The summed E-state index contributed by atoms with van der Waals surface area (Å²) < 4.78 is 12.3. The highest BCUT2D eigenvalue weighted by atomic mass is 19.1. The van der Waals surface area contributed by atoms with Crippen LogP contribution in [-0.2, 0) is 0 Å². The van der Waals surface area contributed by atoms with E-state index in [0.717, 1.165) is 11.2 Å². The van der Waals surface area contributed by atoms with Crippen LogP contribution in [0.4, 0.5) is 4.39 Å². The van der Waals surface area contributed by atoms with Gasteiger partial charge in [-0.1, -0.05) is 5.46 Å². The number of nitrogens with zero attached hydrogens (tertiary/aromatic N) is 1. The Balaban J connectivity index is 3.17. The Morgan fingerprint density at radius 1 is 1.67 bits per heavy atom. The maximum Gasteiger partial charge on any atom is 0.141 e. The van der Waals surface area contributed by atoms with E-state index >= 15 is 0 Å². The summed E-state index contributed by atoms with van der Waals surface area (Å²) in [5.41, 5.74) is 1.78. The van der Waals surface area contributed by atoms with E-state index in [1.165, 1.54) is 12.3 Å². The SMILES string of the molecule is Bc1cc(F)cnc1C. The first-order valence-electron chi connectivity index (χ1n) is 2.79. The molecule has 0 aliphatic heterocycles. The van der Waals surface area contributed by atoms with Gasteiger partial charge in [-0.05, 0) is 13.0 Å². The average molecular weight is 123 g/mol. The number of aryl methyl sites for hydroxylation is 1. The predicted octanol–water partition coefficient (Wildman–Crippen LogP) is -0.212. The molecule has 0 atom stereocenters. The van der Waals surface area contributed by atoms with Crippen LogP contribution < -0.4 is 5.46 Å². The molecule has 0 saturated carbocycles. The van der Waals surface area contributed by atoms with Gasteiger partial charge >= 0.3 is 0 Å². The molecule has 0 saturated heterocycles. The summed E-state index contributed by atoms with van der Waals surface area (Å²) in [6, 6.07) is 1.47. The van der Waals surface area contributed by atoms with E-state index in [0.29, 0.717) is 0 Å². The van der Waals surface area contributed by atoms with Gasteiger partial charge in [0.1, 0.15) is 13.7 Å². The monoisotopic (exact) mass is 123 g/mol. The van der Waals surface area contributed by atoms with Crippen molar-refractivity contribution in [2.24, 2.45) is 0 Å². The molecule has 1 rings (SSSR count). The Bertz CT molecular complexity index is 224. The molecule has 0 N–H and O–H groups in total. The topological polar surface area (TPSA) is 12.9 Å². The van der Waals surface area contributed by atoms with Crippen molar-refractivity contribution in [1.82, 2.24) is 4.98 Å². The predicted molar refractivity (Wildman–Crippen MR) is 37.1 cm³/mol. The molecular weight excluding hydrogens is 116 g/mol. The van der Waals surface area contributed by atoms with Crippen LogP contribution in [0.25, 0.3) is 0 Å². The summed E-state index contributed by atoms with van der Waals surface area (Å²) in [6.07, 6.45) is 1.22. The zero-order chi connectivity index (χ0) is 6.85. The van der Waals surface area contributed by atoms with Crippen molar-refractivity contribution >= 4 is 13.3 Å². The Morgan fingerprint density at radius 3 is 2.78 bits per heavy atom. The number of halogens is 1. The molecule has 0 fully saturated rings. The third kappa shape index (κ3) is 1.28. The molecule has 0 bridgehead atoms. The third-order valence-electron chi connectivity index (χ3n) is 1.31. The van der Waals surface area contributed by atoms with Gasteiger partial charge in [0.25, 0.3) is 0 Å². The molecule has 9 heavy (non-hydrogen) atoms. The molecule has 0 unspecified atom stereocenters. The highest BCUT2D eigenvalue weighted by Gasteiger charge is 1.93. The molecule has 46 valence electrons. The molecule has 1 aromatic rings. The van der Waals surface area contributed by atoms with E-state index in [2.05, 4.69) is 4.98 Å². The maximum absolute atomic E-state index is 12.3. The molecule has 0 amide bonds.